The second-order valence-corrected chi connectivity index (χ2v) is 12.6. The average molecular weight is 670 g/mol. The highest BCUT2D eigenvalue weighted by Crippen LogP contribution is 2.40. The maximum atomic E-state index is 15.7. The number of anilines is 1. The fourth-order valence-electron chi connectivity index (χ4n) is 5.97. The average Bonchev–Trinajstić information content (AvgIpc) is 3.90. The van der Waals surface area contributed by atoms with Crippen molar-refractivity contribution in [2.75, 3.05) is 52.4 Å². The summed E-state index contributed by atoms with van der Waals surface area (Å²) in [5.41, 5.74) is 2.97. The van der Waals surface area contributed by atoms with Crippen LogP contribution in [0, 0.1) is 5.82 Å². The Morgan fingerprint density at radius 2 is 1.73 bits per heavy atom. The molecule has 0 radical (unpaired) electrons. The molecule has 1 saturated carbocycles. The van der Waals surface area contributed by atoms with E-state index in [1.54, 1.807) is 44.4 Å². The van der Waals surface area contributed by atoms with Crippen LogP contribution in [0.25, 0.3) is 22.3 Å². The Balaban J connectivity index is 1.35. The molecule has 1 saturated heterocycles. The number of nitrogens with zero attached hydrogens (tertiary/aromatic N) is 6. The van der Waals surface area contributed by atoms with E-state index in [-0.39, 0.29) is 17.3 Å². The van der Waals surface area contributed by atoms with Gasteiger partial charge in [-0.3, -0.25) is 4.79 Å². The van der Waals surface area contributed by atoms with Gasteiger partial charge >= 0.3 is 0 Å². The Hall–Kier alpha value is -4.88. The number of methoxy groups -OCH3 is 3. The van der Waals surface area contributed by atoms with Crippen LogP contribution in [0.15, 0.2) is 75.8 Å². The molecule has 1 N–H and O–H groups in total. The third-order valence-electron chi connectivity index (χ3n) is 8.57. The zero-order valence-corrected chi connectivity index (χ0v) is 27.8. The molecule has 2 fully saturated rings. The lowest BCUT2D eigenvalue weighted by atomic mass is 10.1. The van der Waals surface area contributed by atoms with Crippen molar-refractivity contribution in [1.82, 2.24) is 24.8 Å². The lowest BCUT2D eigenvalue weighted by Crippen LogP contribution is -2.43. The van der Waals surface area contributed by atoms with Gasteiger partial charge in [-0.15, -0.1) is 10.2 Å². The largest absolute Gasteiger partial charge is 0.493 e. The minimum Gasteiger partial charge on any atom is -0.493 e. The van der Waals surface area contributed by atoms with Crippen LogP contribution < -0.4 is 29.9 Å². The van der Waals surface area contributed by atoms with Crippen molar-refractivity contribution in [3.8, 4) is 28.6 Å². The molecule has 48 heavy (non-hydrogen) atoms. The van der Waals surface area contributed by atoms with E-state index >= 15 is 4.39 Å². The van der Waals surface area contributed by atoms with E-state index in [0.717, 1.165) is 31.5 Å². The number of hydrogen-bond acceptors (Lipinski definition) is 10. The highest BCUT2D eigenvalue weighted by Gasteiger charge is 2.29. The van der Waals surface area contributed by atoms with Gasteiger partial charge in [0.25, 0.3) is 0 Å². The molecule has 11 nitrogen and oxygen atoms in total. The molecule has 1 aliphatic heterocycles. The molecule has 248 valence electrons. The molecular formula is C35H36FN7O4S. The molecule has 0 spiro atoms. The molecule has 2 aromatic heterocycles. The minimum absolute atomic E-state index is 0.208. The third-order valence-corrected chi connectivity index (χ3v) is 9.56. The lowest BCUT2D eigenvalue weighted by molar-refractivity contribution is 0.324. The van der Waals surface area contributed by atoms with Crippen LogP contribution in [0.4, 0.5) is 10.1 Å². The molecule has 0 bridgehead atoms. The number of ether oxygens (including phenoxy) is 3. The first-order valence-corrected chi connectivity index (χ1v) is 16.8. The number of halogens is 1. The molecule has 2 aliphatic rings. The van der Waals surface area contributed by atoms with Gasteiger partial charge in [-0.1, -0.05) is 42.1 Å². The van der Waals surface area contributed by atoms with Gasteiger partial charge in [0, 0.05) is 55.1 Å². The number of piperazine rings is 1. The van der Waals surface area contributed by atoms with Gasteiger partial charge in [-0.05, 0) is 42.7 Å². The second kappa shape index (κ2) is 13.7. The van der Waals surface area contributed by atoms with Gasteiger partial charge in [0.15, 0.2) is 17.3 Å². The molecule has 1 aliphatic carbocycles. The maximum Gasteiger partial charge on any atom is 0.212 e. The van der Waals surface area contributed by atoms with E-state index in [1.165, 1.54) is 17.8 Å². The van der Waals surface area contributed by atoms with E-state index in [0.29, 0.717) is 69.0 Å². The fraction of sp³-hybridized carbons (Fsp3) is 0.314. The Kier molecular flexibility index (Phi) is 9.04. The summed E-state index contributed by atoms with van der Waals surface area (Å²) in [5.74, 6) is 1.88. The fourth-order valence-corrected chi connectivity index (χ4v) is 6.81. The van der Waals surface area contributed by atoms with Crippen LogP contribution in [0.1, 0.15) is 30.0 Å². The van der Waals surface area contributed by atoms with Crippen molar-refractivity contribution in [2.45, 2.75) is 29.8 Å². The SMILES string of the molecule is COc1cc(/C=N/n2c(SCc3ccccc3)nnc2-c2cn(C3CC3)c3cc(N4CCNCC4)c(F)cc3c2=O)cc(OC)c1OC. The van der Waals surface area contributed by atoms with E-state index in [2.05, 4.69) is 20.1 Å². The first-order chi connectivity index (χ1) is 23.5. The first kappa shape index (κ1) is 31.7. The molecule has 0 atom stereocenters. The van der Waals surface area contributed by atoms with Gasteiger partial charge in [-0.2, -0.15) is 9.78 Å². The number of aromatic nitrogens is 4. The summed E-state index contributed by atoms with van der Waals surface area (Å²) < 4.78 is 35.9. The number of fused-ring (bicyclic) bond motifs is 1. The number of nitrogens with one attached hydrogen (secondary N) is 1. The van der Waals surface area contributed by atoms with Crippen molar-refractivity contribution < 1.29 is 18.6 Å². The van der Waals surface area contributed by atoms with Crippen molar-refractivity contribution in [2.24, 2.45) is 5.10 Å². The van der Waals surface area contributed by atoms with Gasteiger partial charge in [0.2, 0.25) is 16.3 Å². The van der Waals surface area contributed by atoms with Crippen LogP contribution in [0.5, 0.6) is 17.2 Å². The van der Waals surface area contributed by atoms with Gasteiger partial charge in [-0.25, -0.2) is 4.39 Å². The molecule has 5 aromatic rings. The number of thioether (sulfide) groups is 1. The molecular weight excluding hydrogens is 633 g/mol. The number of pyridine rings is 1. The zero-order valence-electron chi connectivity index (χ0n) is 27.0. The van der Waals surface area contributed by atoms with Gasteiger partial charge < -0.3 is 29.0 Å². The predicted molar refractivity (Wildman–Crippen MR) is 186 cm³/mol. The topological polar surface area (TPSA) is 108 Å². The summed E-state index contributed by atoms with van der Waals surface area (Å²) in [7, 11) is 4.65. The van der Waals surface area contributed by atoms with E-state index in [9.17, 15) is 4.79 Å². The molecule has 3 aromatic carbocycles. The smallest absolute Gasteiger partial charge is 0.212 e. The van der Waals surface area contributed by atoms with Crippen LogP contribution in [-0.2, 0) is 5.75 Å². The quantitative estimate of drug-likeness (QED) is 0.147. The van der Waals surface area contributed by atoms with E-state index in [4.69, 9.17) is 19.3 Å². The zero-order chi connectivity index (χ0) is 33.2. The minimum atomic E-state index is -0.415. The Labute approximate surface area is 281 Å². The maximum absolute atomic E-state index is 15.7. The first-order valence-electron chi connectivity index (χ1n) is 15.8. The van der Waals surface area contributed by atoms with Crippen molar-refractivity contribution in [3.63, 3.8) is 0 Å². The Morgan fingerprint density at radius 1 is 1.00 bits per heavy atom. The number of rotatable bonds is 11. The van der Waals surface area contributed by atoms with Crippen molar-refractivity contribution in [3.05, 3.63) is 88.0 Å². The summed E-state index contributed by atoms with van der Waals surface area (Å²) in [6, 6.07) is 17.0. The van der Waals surface area contributed by atoms with Crippen LogP contribution in [0.3, 0.4) is 0 Å². The molecule has 13 heteroatoms. The van der Waals surface area contributed by atoms with E-state index in [1.807, 2.05) is 47.5 Å². The number of benzene rings is 3. The molecule has 0 unspecified atom stereocenters. The summed E-state index contributed by atoms with van der Waals surface area (Å²) in [5, 5.41) is 17.9. The number of hydrogen-bond donors (Lipinski definition) is 1. The van der Waals surface area contributed by atoms with E-state index < -0.39 is 5.82 Å². The van der Waals surface area contributed by atoms with Crippen LogP contribution >= 0.6 is 11.8 Å². The summed E-state index contributed by atoms with van der Waals surface area (Å²) >= 11 is 1.45. The predicted octanol–water partition coefficient (Wildman–Crippen LogP) is 5.34. The highest BCUT2D eigenvalue weighted by molar-refractivity contribution is 7.98. The van der Waals surface area contributed by atoms with Crippen LogP contribution in [0.2, 0.25) is 0 Å². The normalized spacial score (nSPS) is 15.0. The molecule has 7 rings (SSSR count). The molecule has 0 amide bonds. The lowest BCUT2D eigenvalue weighted by Gasteiger charge is -2.30. The van der Waals surface area contributed by atoms with Crippen LogP contribution in [-0.4, -0.2) is 73.2 Å². The third kappa shape index (κ3) is 6.22. The summed E-state index contributed by atoms with van der Waals surface area (Å²) in [6.07, 6.45) is 5.41. The van der Waals surface area contributed by atoms with Crippen molar-refractivity contribution >= 4 is 34.6 Å². The second-order valence-electron chi connectivity index (χ2n) is 11.7. The Bertz CT molecular complexity index is 2010. The Morgan fingerprint density at radius 3 is 2.40 bits per heavy atom. The molecule has 3 heterocycles. The summed E-state index contributed by atoms with van der Waals surface area (Å²) in [6.45, 7) is 2.96. The van der Waals surface area contributed by atoms with Gasteiger partial charge in [0.1, 0.15) is 5.82 Å². The standard InChI is InChI=1S/C35H36FN7O4S/c1-45-30-15-23(16-31(46-2)33(30)47-3)19-38-43-34(39-40-35(43)48-21-22-7-5-4-6-8-22)26-20-42(24-9-10-24)28-18-29(41-13-11-37-12-14-41)27(36)17-25(28)32(26)44/h4-8,15-20,24,37H,9-14,21H2,1-3H3/b38-19+. The van der Waals surface area contributed by atoms with Crippen molar-refractivity contribution in [1.29, 1.82) is 0 Å². The monoisotopic (exact) mass is 669 g/mol. The highest BCUT2D eigenvalue weighted by atomic mass is 32.2. The summed E-state index contributed by atoms with van der Waals surface area (Å²) in [4.78, 5) is 16.3. The van der Waals surface area contributed by atoms with Gasteiger partial charge in [0.05, 0.1) is 44.3 Å².